The molecule has 0 aliphatic heterocycles. The molecule has 0 radical (unpaired) electrons. The summed E-state index contributed by atoms with van der Waals surface area (Å²) < 4.78 is 0. The van der Waals surface area contributed by atoms with E-state index in [9.17, 15) is 19.2 Å². The zero-order valence-electron chi connectivity index (χ0n) is 60.7. The second kappa shape index (κ2) is 41.9. The van der Waals surface area contributed by atoms with E-state index < -0.39 is 11.8 Å². The highest BCUT2D eigenvalue weighted by atomic mass is 32.1. The van der Waals surface area contributed by atoms with Crippen molar-refractivity contribution in [2.75, 3.05) is 21.3 Å². The molecule has 12 aromatic rings. The predicted octanol–water partition coefficient (Wildman–Crippen LogP) is 14.6. The molecule has 0 bridgehead atoms. The first-order valence-corrected chi connectivity index (χ1v) is 37.7. The van der Waals surface area contributed by atoms with E-state index >= 15 is 0 Å². The number of aromatic nitrogens is 8. The van der Waals surface area contributed by atoms with Gasteiger partial charge in [-0.25, -0.2) is 50.8 Å². The van der Waals surface area contributed by atoms with Crippen molar-refractivity contribution in [1.29, 1.82) is 0 Å². The average Bonchev–Trinajstić information content (AvgIpc) is 1.33. The summed E-state index contributed by atoms with van der Waals surface area (Å²) in [6.45, 7) is 20.1. The highest BCUT2D eigenvalue weighted by Gasteiger charge is 2.19. The number of thiophene rings is 4. The third-order valence-corrected chi connectivity index (χ3v) is 19.7. The number of anilines is 8. The second-order valence-corrected chi connectivity index (χ2v) is 27.7. The minimum atomic E-state index is -0.446. The van der Waals surface area contributed by atoms with E-state index in [1.807, 2.05) is 193 Å². The Labute approximate surface area is 643 Å². The number of hydrogen-bond donors (Lipinski definition) is 10. The molecule has 560 valence electrons. The minimum Gasteiger partial charge on any atom is -0.412 e. The fourth-order valence-electron chi connectivity index (χ4n) is 11.1. The summed E-state index contributed by atoms with van der Waals surface area (Å²) in [6, 6.07) is 46.2. The minimum absolute atomic E-state index is 0. The Morgan fingerprint density at radius 3 is 0.944 bits per heavy atom. The number of rotatable bonds is 28. The maximum atomic E-state index is 11.3. The van der Waals surface area contributed by atoms with Crippen LogP contribution >= 0.6 is 45.3 Å². The lowest BCUT2D eigenvalue weighted by Gasteiger charge is -2.15. The number of nitrogens with zero attached hydrogens (tertiary/aromatic N) is 8. The van der Waals surface area contributed by atoms with Gasteiger partial charge in [0, 0.05) is 67.8 Å². The molecule has 0 saturated heterocycles. The van der Waals surface area contributed by atoms with Crippen molar-refractivity contribution in [3.63, 3.8) is 0 Å². The highest BCUT2D eigenvalue weighted by Crippen LogP contribution is 2.34. The van der Waals surface area contributed by atoms with Crippen LogP contribution in [0.25, 0.3) is 42.8 Å². The van der Waals surface area contributed by atoms with Crippen molar-refractivity contribution in [3.8, 4) is 42.8 Å². The summed E-state index contributed by atoms with van der Waals surface area (Å²) in [6.07, 6.45) is 9.12. The second-order valence-electron chi connectivity index (χ2n) is 23.9. The van der Waals surface area contributed by atoms with Gasteiger partial charge >= 0.3 is 0 Å². The molecule has 8 aromatic heterocycles. The molecule has 0 saturated carbocycles. The zero-order valence-corrected chi connectivity index (χ0v) is 64.0. The fraction of sp³-hybridized carbons (Fsp3) is 0.200. The number of hydrogen-bond acceptors (Lipinski definition) is 22. The van der Waals surface area contributed by atoms with E-state index in [2.05, 4.69) is 72.1 Å². The third-order valence-electron chi connectivity index (χ3n) is 16.3. The zero-order chi connectivity index (χ0) is 75.5. The van der Waals surface area contributed by atoms with E-state index in [0.717, 1.165) is 164 Å². The highest BCUT2D eigenvalue weighted by molar-refractivity contribution is 7.14. The Hall–Kier alpha value is -11.6. The van der Waals surface area contributed by atoms with Crippen molar-refractivity contribution >= 4 is 115 Å². The number of benzene rings is 4. The summed E-state index contributed by atoms with van der Waals surface area (Å²) in [5, 5.41) is 38.9. The molecule has 0 fully saturated rings. The van der Waals surface area contributed by atoms with Gasteiger partial charge in [0.15, 0.2) is 23.3 Å². The molecule has 16 N–H and O–H groups in total. The Morgan fingerprint density at radius 2 is 0.657 bits per heavy atom. The van der Waals surface area contributed by atoms with Crippen LogP contribution in [-0.4, -0.2) is 84.9 Å². The number of carbonyl (C=O) groups is 4. The molecule has 0 aliphatic carbocycles. The molecule has 108 heavy (non-hydrogen) atoms. The van der Waals surface area contributed by atoms with Gasteiger partial charge in [-0.05, 0) is 169 Å². The number of aryl methyl sites for hydroxylation is 4. The number of hydroxylamine groups is 2. The van der Waals surface area contributed by atoms with Crippen molar-refractivity contribution in [2.45, 2.75) is 106 Å². The van der Waals surface area contributed by atoms with E-state index in [1.165, 1.54) is 0 Å². The average molecular weight is 1530 g/mol. The number of carbonyl (C=O) groups excluding carboxylic acids is 4. The van der Waals surface area contributed by atoms with Gasteiger partial charge < -0.3 is 43.7 Å². The Bertz CT molecular complexity index is 4890. The molecular weight excluding hydrogens is 1440 g/mol. The topological polar surface area (TPSA) is 399 Å². The van der Waals surface area contributed by atoms with Crippen LogP contribution in [0, 0.1) is 13.8 Å². The Kier molecular flexibility index (Phi) is 32.5. The fourth-order valence-corrected chi connectivity index (χ4v) is 13.7. The monoisotopic (exact) mass is 1530 g/mol. The molecule has 24 nitrogen and oxygen atoms in total. The van der Waals surface area contributed by atoms with Gasteiger partial charge in [0.25, 0.3) is 0 Å². The normalized spacial score (nSPS) is 10.4. The lowest BCUT2D eigenvalue weighted by atomic mass is 10.1. The predicted molar refractivity (Wildman–Crippen MR) is 435 cm³/mol. The summed E-state index contributed by atoms with van der Waals surface area (Å²) in [5.41, 5.74) is 28.9. The largest absolute Gasteiger partial charge is 0.412 e. The summed E-state index contributed by atoms with van der Waals surface area (Å²) >= 11 is 6.46. The standard InChI is InChI=1S/C21H22N4O2S.C20H20N4OS.C20H22N4OS.C19H20N4O2S.2H2O/c1-3-6-16-17(4-2)23-21(18-7-5-12-28-18)24-20(16)22-15-10-8-14(9-11-15)13-19(26)25-27;1-3-5-16-13(2)22-20(17-6-4-11-26-17)24-19(16)23-15-9-7-14(8-10-15)12-18(21)25;1-3-15-16(4-2)23-20(17-6-5-11-26-17)24-19(15)22-14-9-7-13(8-10-14)12-18(21)25;1-3-15-12(2)20-19(16-5-4-10-26-16)22-18(15)21-14-8-6-13(7-9-14)11-17(24)23-25;;/h3,5,7-12,27H,1,4,6,13H2,2H3,(H,25,26)(H,22,23,24);3-4,6-11H,1,5,12H2,2H3,(H2,21,25)(H,22,23,24);5-11H,3-4,12H2,1-2H3,(H2,21,25)(H,22,23,24);4-10,25H,3,11H2,1-2H3,(H,23,24)(H,20,21,22);2*1H2. The molecule has 8 heterocycles. The first kappa shape index (κ1) is 83.7. The third kappa shape index (κ3) is 23.7. The Morgan fingerprint density at radius 1 is 0.380 bits per heavy atom. The molecule has 0 atom stereocenters. The van der Waals surface area contributed by atoms with Gasteiger partial charge in [0.2, 0.25) is 23.6 Å². The Balaban J connectivity index is 0.000000199. The number of amides is 4. The number of primary amides is 2. The van der Waals surface area contributed by atoms with Gasteiger partial charge in [-0.2, -0.15) is 0 Å². The summed E-state index contributed by atoms with van der Waals surface area (Å²) in [7, 11) is 0. The van der Waals surface area contributed by atoms with Crippen LogP contribution in [0.1, 0.15) is 95.0 Å². The quantitative estimate of drug-likeness (QED) is 0.0124. The van der Waals surface area contributed by atoms with Gasteiger partial charge in [-0.15, -0.1) is 58.5 Å². The van der Waals surface area contributed by atoms with Crippen LogP contribution in [0.5, 0.6) is 0 Å². The van der Waals surface area contributed by atoms with Gasteiger partial charge in [0.05, 0.1) is 45.2 Å². The van der Waals surface area contributed by atoms with E-state index in [1.54, 1.807) is 56.3 Å². The van der Waals surface area contributed by atoms with Crippen LogP contribution in [-0.2, 0) is 83.4 Å². The SMILES string of the molecule is C=CCc1c(C)nc(-c2cccs2)nc1Nc1ccc(CC(N)=O)cc1.C=CCc1c(CC)nc(-c2cccs2)nc1Nc1ccc(CC(=O)NO)cc1.CCc1c(C)nc(-c2cccs2)nc1Nc1ccc(CC(=O)NO)cc1.CCc1nc(-c2cccs2)nc(Nc2ccc(CC(N)=O)cc2)c1CC.O.O. The molecule has 12 rings (SSSR count). The van der Waals surface area contributed by atoms with Crippen LogP contribution in [0.15, 0.2) is 192 Å². The van der Waals surface area contributed by atoms with Gasteiger partial charge in [-0.1, -0.05) is 113 Å². The lowest BCUT2D eigenvalue weighted by Crippen LogP contribution is -2.20. The van der Waals surface area contributed by atoms with Crippen LogP contribution < -0.4 is 43.7 Å². The van der Waals surface area contributed by atoms with Crippen molar-refractivity contribution < 1.29 is 40.5 Å². The number of nitrogens with two attached hydrogens (primary N) is 2. The molecule has 0 aliphatic rings. The van der Waals surface area contributed by atoms with Crippen molar-refractivity contribution in [2.24, 2.45) is 11.5 Å². The molecule has 0 unspecified atom stereocenters. The van der Waals surface area contributed by atoms with E-state index in [-0.39, 0.29) is 48.5 Å². The maximum Gasteiger partial charge on any atom is 0.247 e. The molecule has 4 amide bonds. The first-order valence-electron chi connectivity index (χ1n) is 34.2. The molecule has 4 aromatic carbocycles. The van der Waals surface area contributed by atoms with Crippen molar-refractivity contribution in [3.05, 3.63) is 260 Å². The molecule has 0 spiro atoms. The summed E-state index contributed by atoms with van der Waals surface area (Å²) in [4.78, 5) is 86.5. The maximum absolute atomic E-state index is 11.3. The first-order chi connectivity index (χ1) is 51.4. The van der Waals surface area contributed by atoms with E-state index in [4.69, 9.17) is 51.8 Å². The summed E-state index contributed by atoms with van der Waals surface area (Å²) in [5.74, 6) is 4.49. The molecular formula is C80H88N16O8S4. The number of allylic oxidation sites excluding steroid dienone is 2. The van der Waals surface area contributed by atoms with Crippen LogP contribution in [0.4, 0.5) is 46.0 Å². The number of nitrogens with one attached hydrogen (secondary N) is 6. The van der Waals surface area contributed by atoms with Crippen LogP contribution in [0.2, 0.25) is 0 Å². The van der Waals surface area contributed by atoms with Crippen molar-refractivity contribution in [1.82, 2.24) is 50.8 Å². The smallest absolute Gasteiger partial charge is 0.247 e. The van der Waals surface area contributed by atoms with Gasteiger partial charge in [0.1, 0.15) is 23.3 Å². The molecule has 28 heteroatoms. The van der Waals surface area contributed by atoms with E-state index in [0.29, 0.717) is 30.3 Å². The lowest BCUT2D eigenvalue weighted by molar-refractivity contribution is -0.129. The van der Waals surface area contributed by atoms with Gasteiger partial charge in [-0.3, -0.25) is 29.6 Å². The van der Waals surface area contributed by atoms with Crippen LogP contribution in [0.3, 0.4) is 0 Å².